The highest BCUT2D eigenvalue weighted by Gasteiger charge is 2.27. The zero-order valence-corrected chi connectivity index (χ0v) is 18.8. The topological polar surface area (TPSA) is 45.2 Å². The van der Waals surface area contributed by atoms with Crippen molar-refractivity contribution in [2.45, 2.75) is 12.6 Å². The number of aromatic hydroxyl groups is 1. The molecule has 5 nitrogen and oxygen atoms in total. The minimum Gasteiger partial charge on any atom is -0.502 e. The van der Waals surface area contributed by atoms with E-state index in [9.17, 15) is 13.9 Å². The summed E-state index contributed by atoms with van der Waals surface area (Å²) in [7, 11) is 3.04. The Kier molecular flexibility index (Phi) is 7.11. The number of piperazine rings is 1. The fourth-order valence-corrected chi connectivity index (χ4v) is 4.44. The molecule has 0 spiro atoms. The standard InChI is InChI=1S/C26H28F2N2O3/c1-32-23-12-7-20(26(33-2)25(23)31)17-29-13-15-30(16-14-29)24(18-3-8-21(27)9-4-18)19-5-10-22(28)11-6-19/h3-12,24,31H,13-17H2,1-2H3. The molecule has 0 unspecified atom stereocenters. The van der Waals surface area contributed by atoms with E-state index in [0.717, 1.165) is 42.9 Å². The van der Waals surface area contributed by atoms with E-state index in [0.29, 0.717) is 18.0 Å². The van der Waals surface area contributed by atoms with Gasteiger partial charge in [0.2, 0.25) is 5.75 Å². The highest BCUT2D eigenvalue weighted by Crippen LogP contribution is 2.39. The molecule has 0 aromatic heterocycles. The van der Waals surface area contributed by atoms with E-state index in [1.54, 1.807) is 30.3 Å². The van der Waals surface area contributed by atoms with Gasteiger partial charge in [0.15, 0.2) is 11.5 Å². The van der Waals surface area contributed by atoms with Crippen LogP contribution in [0.25, 0.3) is 0 Å². The molecule has 4 rings (SSSR count). The van der Waals surface area contributed by atoms with Crippen molar-refractivity contribution in [2.24, 2.45) is 0 Å². The summed E-state index contributed by atoms with van der Waals surface area (Å²) < 4.78 is 37.7. The number of nitrogens with zero attached hydrogens (tertiary/aromatic N) is 2. The second kappa shape index (κ2) is 10.2. The van der Waals surface area contributed by atoms with E-state index in [2.05, 4.69) is 9.80 Å². The second-order valence-corrected chi connectivity index (χ2v) is 8.13. The van der Waals surface area contributed by atoms with Gasteiger partial charge < -0.3 is 14.6 Å². The molecular formula is C26H28F2N2O3. The lowest BCUT2D eigenvalue weighted by Gasteiger charge is -2.40. The molecule has 3 aromatic rings. The highest BCUT2D eigenvalue weighted by atomic mass is 19.1. The average molecular weight is 455 g/mol. The molecule has 1 aliphatic heterocycles. The van der Waals surface area contributed by atoms with Crippen LogP contribution < -0.4 is 9.47 Å². The SMILES string of the molecule is COc1ccc(CN2CCN(C(c3ccc(F)cc3)c3ccc(F)cc3)CC2)c(OC)c1O. The summed E-state index contributed by atoms with van der Waals surface area (Å²) in [4.78, 5) is 4.63. The number of benzene rings is 3. The molecule has 1 N–H and O–H groups in total. The Labute approximate surface area is 192 Å². The maximum Gasteiger partial charge on any atom is 0.201 e. The van der Waals surface area contributed by atoms with E-state index in [1.807, 2.05) is 6.07 Å². The number of ether oxygens (including phenoxy) is 2. The first kappa shape index (κ1) is 23.0. The predicted molar refractivity (Wildman–Crippen MR) is 123 cm³/mol. The maximum atomic E-state index is 13.5. The summed E-state index contributed by atoms with van der Waals surface area (Å²) in [5.74, 6) is 0.245. The number of methoxy groups -OCH3 is 2. The maximum absolute atomic E-state index is 13.5. The van der Waals surface area contributed by atoms with Crippen LogP contribution >= 0.6 is 0 Å². The molecule has 174 valence electrons. The fourth-order valence-electron chi connectivity index (χ4n) is 4.44. The molecule has 0 atom stereocenters. The van der Waals surface area contributed by atoms with Gasteiger partial charge in [-0.3, -0.25) is 9.80 Å². The molecule has 0 amide bonds. The molecule has 7 heteroatoms. The Hall–Kier alpha value is -3.16. The molecule has 0 saturated carbocycles. The minimum atomic E-state index is -0.280. The van der Waals surface area contributed by atoms with Crippen LogP contribution in [0, 0.1) is 11.6 Å². The Morgan fingerprint density at radius 3 is 1.82 bits per heavy atom. The Balaban J connectivity index is 1.50. The predicted octanol–water partition coefficient (Wildman–Crippen LogP) is 4.59. The van der Waals surface area contributed by atoms with Crippen molar-refractivity contribution in [1.82, 2.24) is 9.80 Å². The fraction of sp³-hybridized carbons (Fsp3) is 0.308. The lowest BCUT2D eigenvalue weighted by Crippen LogP contribution is -2.47. The van der Waals surface area contributed by atoms with E-state index >= 15 is 0 Å². The molecule has 1 fully saturated rings. The van der Waals surface area contributed by atoms with Crippen LogP contribution in [0.5, 0.6) is 17.2 Å². The van der Waals surface area contributed by atoms with Crippen molar-refractivity contribution in [1.29, 1.82) is 0 Å². The first-order valence-corrected chi connectivity index (χ1v) is 10.9. The van der Waals surface area contributed by atoms with E-state index in [1.165, 1.54) is 38.5 Å². The lowest BCUT2D eigenvalue weighted by atomic mass is 9.96. The Morgan fingerprint density at radius 2 is 1.33 bits per heavy atom. The monoisotopic (exact) mass is 454 g/mol. The van der Waals surface area contributed by atoms with Gasteiger partial charge in [-0.2, -0.15) is 0 Å². The van der Waals surface area contributed by atoms with Crippen LogP contribution in [-0.2, 0) is 6.54 Å². The van der Waals surface area contributed by atoms with Crippen LogP contribution in [0.1, 0.15) is 22.7 Å². The molecule has 0 radical (unpaired) electrons. The average Bonchev–Trinajstić information content (AvgIpc) is 2.83. The molecule has 0 aliphatic carbocycles. The third-order valence-electron chi connectivity index (χ3n) is 6.14. The second-order valence-electron chi connectivity index (χ2n) is 8.13. The van der Waals surface area contributed by atoms with Crippen molar-refractivity contribution < 1.29 is 23.4 Å². The van der Waals surface area contributed by atoms with Crippen molar-refractivity contribution in [3.63, 3.8) is 0 Å². The highest BCUT2D eigenvalue weighted by molar-refractivity contribution is 5.54. The van der Waals surface area contributed by atoms with E-state index < -0.39 is 0 Å². The third-order valence-corrected chi connectivity index (χ3v) is 6.14. The number of phenols is 1. The van der Waals surface area contributed by atoms with Crippen molar-refractivity contribution in [2.75, 3.05) is 40.4 Å². The number of phenolic OH excluding ortho intramolecular Hbond substituents is 1. The van der Waals surface area contributed by atoms with Gasteiger partial charge in [0, 0.05) is 38.3 Å². The molecule has 0 bridgehead atoms. The molecular weight excluding hydrogens is 426 g/mol. The quantitative estimate of drug-likeness (QED) is 0.566. The smallest absolute Gasteiger partial charge is 0.201 e. The summed E-state index contributed by atoms with van der Waals surface area (Å²) in [5, 5.41) is 10.4. The van der Waals surface area contributed by atoms with Crippen molar-refractivity contribution >= 4 is 0 Å². The van der Waals surface area contributed by atoms with Gasteiger partial charge in [0.05, 0.1) is 20.3 Å². The van der Waals surface area contributed by atoms with Gasteiger partial charge in [-0.15, -0.1) is 0 Å². The van der Waals surface area contributed by atoms with Crippen LogP contribution in [0.2, 0.25) is 0 Å². The summed E-state index contributed by atoms with van der Waals surface area (Å²) in [6.45, 7) is 3.80. The van der Waals surface area contributed by atoms with Gasteiger partial charge >= 0.3 is 0 Å². The van der Waals surface area contributed by atoms with Gasteiger partial charge in [-0.25, -0.2) is 8.78 Å². The van der Waals surface area contributed by atoms with Crippen LogP contribution in [0.4, 0.5) is 8.78 Å². The summed E-state index contributed by atoms with van der Waals surface area (Å²) >= 11 is 0. The lowest BCUT2D eigenvalue weighted by molar-refractivity contribution is 0.104. The van der Waals surface area contributed by atoms with Gasteiger partial charge in [-0.1, -0.05) is 30.3 Å². The minimum absolute atomic E-state index is 0.00354. The molecule has 1 aliphatic rings. The largest absolute Gasteiger partial charge is 0.502 e. The molecule has 1 heterocycles. The first-order chi connectivity index (χ1) is 16.0. The zero-order valence-electron chi connectivity index (χ0n) is 18.8. The van der Waals surface area contributed by atoms with Crippen LogP contribution in [-0.4, -0.2) is 55.3 Å². The molecule has 1 saturated heterocycles. The van der Waals surface area contributed by atoms with Crippen molar-refractivity contribution in [3.8, 4) is 17.2 Å². The van der Waals surface area contributed by atoms with Gasteiger partial charge in [0.25, 0.3) is 0 Å². The number of hydrogen-bond donors (Lipinski definition) is 1. The third kappa shape index (κ3) is 5.10. The van der Waals surface area contributed by atoms with Crippen LogP contribution in [0.15, 0.2) is 60.7 Å². The van der Waals surface area contributed by atoms with Gasteiger partial charge in [0.1, 0.15) is 11.6 Å². The van der Waals surface area contributed by atoms with Gasteiger partial charge in [-0.05, 0) is 41.5 Å². The Bertz CT molecular complexity index is 1020. The zero-order chi connectivity index (χ0) is 23.4. The Morgan fingerprint density at radius 1 is 0.788 bits per heavy atom. The molecule has 3 aromatic carbocycles. The summed E-state index contributed by atoms with van der Waals surface area (Å²) in [6.07, 6.45) is 0. The summed E-state index contributed by atoms with van der Waals surface area (Å²) in [6, 6.07) is 16.6. The normalized spacial score (nSPS) is 15.1. The molecule has 33 heavy (non-hydrogen) atoms. The number of rotatable bonds is 7. The number of halogens is 2. The first-order valence-electron chi connectivity index (χ1n) is 10.9. The summed E-state index contributed by atoms with van der Waals surface area (Å²) in [5.41, 5.74) is 2.83. The van der Waals surface area contributed by atoms with Crippen molar-refractivity contribution in [3.05, 3.63) is 89.0 Å². The van der Waals surface area contributed by atoms with E-state index in [4.69, 9.17) is 9.47 Å². The van der Waals surface area contributed by atoms with Crippen LogP contribution in [0.3, 0.4) is 0 Å². The number of hydrogen-bond acceptors (Lipinski definition) is 5. The van der Waals surface area contributed by atoms with E-state index in [-0.39, 0.29) is 23.4 Å².